The van der Waals surface area contributed by atoms with E-state index < -0.39 is 0 Å². The molecule has 2 heterocycles. The van der Waals surface area contributed by atoms with Gasteiger partial charge in [-0.25, -0.2) is 9.97 Å². The summed E-state index contributed by atoms with van der Waals surface area (Å²) in [5.74, 6) is 0.322. The van der Waals surface area contributed by atoms with Crippen LogP contribution in [0.15, 0.2) is 36.8 Å². The van der Waals surface area contributed by atoms with E-state index in [4.69, 9.17) is 11.6 Å². The quantitative estimate of drug-likeness (QED) is 0.880. The van der Waals surface area contributed by atoms with Crippen molar-refractivity contribution in [3.63, 3.8) is 0 Å². The second-order valence-corrected chi connectivity index (χ2v) is 3.43. The topological polar surface area (TPSA) is 59.8 Å². The first-order valence-corrected chi connectivity index (χ1v) is 5.01. The van der Waals surface area contributed by atoms with Gasteiger partial charge in [0.05, 0.1) is 0 Å². The summed E-state index contributed by atoms with van der Waals surface area (Å²) in [4.78, 5) is 19.4. The summed E-state index contributed by atoms with van der Waals surface area (Å²) in [5, 5.41) is 2.94. The summed E-state index contributed by atoms with van der Waals surface area (Å²) in [7, 11) is 0. The first-order chi connectivity index (χ1) is 7.75. The lowest BCUT2D eigenvalue weighted by molar-refractivity contribution is -0.116. The summed E-state index contributed by atoms with van der Waals surface area (Å²) in [5.41, 5.74) is 0. The number of anilines is 1. The van der Waals surface area contributed by atoms with Crippen molar-refractivity contribution >= 4 is 23.3 Å². The molecule has 2 aromatic rings. The van der Waals surface area contributed by atoms with Gasteiger partial charge >= 0.3 is 0 Å². The van der Waals surface area contributed by atoms with E-state index in [9.17, 15) is 4.79 Å². The van der Waals surface area contributed by atoms with E-state index in [1.54, 1.807) is 35.2 Å². The van der Waals surface area contributed by atoms with Crippen molar-refractivity contribution in [3.05, 3.63) is 42.1 Å². The van der Waals surface area contributed by atoms with Crippen LogP contribution in [0.2, 0.25) is 5.28 Å². The van der Waals surface area contributed by atoms with Crippen LogP contribution < -0.4 is 5.32 Å². The third kappa shape index (κ3) is 2.58. The van der Waals surface area contributed by atoms with Crippen molar-refractivity contribution in [3.8, 4) is 0 Å². The van der Waals surface area contributed by atoms with E-state index in [1.165, 1.54) is 6.20 Å². The number of carbonyl (C=O) groups is 1. The van der Waals surface area contributed by atoms with Gasteiger partial charge < -0.3 is 9.88 Å². The molecule has 0 unspecified atom stereocenters. The molecule has 0 aromatic carbocycles. The molecule has 0 saturated carbocycles. The molecule has 0 aliphatic heterocycles. The lowest BCUT2D eigenvalue weighted by Crippen LogP contribution is -2.18. The fourth-order valence-corrected chi connectivity index (χ4v) is 1.38. The highest BCUT2D eigenvalue weighted by Gasteiger charge is 2.06. The Labute approximate surface area is 97.1 Å². The number of amides is 1. The average Bonchev–Trinajstić information content (AvgIpc) is 2.66. The number of aromatic nitrogens is 3. The van der Waals surface area contributed by atoms with E-state index in [2.05, 4.69) is 15.3 Å². The van der Waals surface area contributed by atoms with E-state index in [0.717, 1.165) is 0 Å². The van der Waals surface area contributed by atoms with E-state index in [1.807, 2.05) is 0 Å². The first kappa shape index (κ1) is 10.6. The molecule has 0 saturated heterocycles. The molecule has 1 amide bonds. The van der Waals surface area contributed by atoms with Crippen LogP contribution in [0.5, 0.6) is 0 Å². The number of nitrogens with one attached hydrogen (secondary N) is 1. The normalized spacial score (nSPS) is 10.1. The number of nitrogens with zero attached hydrogens (tertiary/aromatic N) is 3. The molecule has 2 rings (SSSR count). The van der Waals surface area contributed by atoms with Crippen LogP contribution in [0.25, 0.3) is 0 Å². The molecule has 0 radical (unpaired) electrons. The zero-order valence-corrected chi connectivity index (χ0v) is 9.05. The number of carbonyl (C=O) groups excluding carboxylic acids is 1. The van der Waals surface area contributed by atoms with E-state index in [0.29, 0.717) is 5.82 Å². The highest BCUT2D eigenvalue weighted by molar-refractivity contribution is 6.28. The van der Waals surface area contributed by atoms with Crippen molar-refractivity contribution in [2.45, 2.75) is 6.54 Å². The van der Waals surface area contributed by atoms with Crippen LogP contribution in [0.4, 0.5) is 5.82 Å². The number of hydrogen-bond donors (Lipinski definition) is 1. The summed E-state index contributed by atoms with van der Waals surface area (Å²) >= 11 is 5.74. The smallest absolute Gasteiger partial charge is 0.245 e. The van der Waals surface area contributed by atoms with Gasteiger partial charge in [-0.3, -0.25) is 4.79 Å². The predicted octanol–water partition coefficient (Wildman–Crippen LogP) is 1.57. The SMILES string of the molecule is O=C(Cn1ccnc1Cl)Nc1ccccn1. The molecule has 1 N–H and O–H groups in total. The number of pyridine rings is 1. The maximum atomic E-state index is 11.6. The van der Waals surface area contributed by atoms with Gasteiger partial charge in [-0.15, -0.1) is 0 Å². The third-order valence-corrected chi connectivity index (χ3v) is 2.23. The van der Waals surface area contributed by atoms with Crippen LogP contribution in [-0.2, 0) is 11.3 Å². The summed E-state index contributed by atoms with van der Waals surface area (Å²) in [6, 6.07) is 5.29. The predicted molar refractivity (Wildman–Crippen MR) is 60.1 cm³/mol. The lowest BCUT2D eigenvalue weighted by atomic mass is 10.4. The molecule has 2 aromatic heterocycles. The Hall–Kier alpha value is -1.88. The van der Waals surface area contributed by atoms with Crippen LogP contribution >= 0.6 is 11.6 Å². The fraction of sp³-hybridized carbons (Fsp3) is 0.100. The minimum absolute atomic E-state index is 0.120. The molecule has 0 fully saturated rings. The molecular formula is C10H9ClN4O. The third-order valence-electron chi connectivity index (χ3n) is 1.91. The molecule has 6 heteroatoms. The van der Waals surface area contributed by atoms with Crippen LogP contribution in [0.1, 0.15) is 0 Å². The van der Waals surface area contributed by atoms with Crippen molar-refractivity contribution in [2.75, 3.05) is 5.32 Å². The average molecular weight is 237 g/mol. The number of imidazole rings is 1. The van der Waals surface area contributed by atoms with Gasteiger partial charge in [0.1, 0.15) is 12.4 Å². The molecule has 0 aliphatic carbocycles. The standard InChI is InChI=1S/C10H9ClN4O/c11-10-13-5-6-15(10)7-9(16)14-8-3-1-2-4-12-8/h1-6H,7H2,(H,12,14,16). The minimum atomic E-state index is -0.196. The largest absolute Gasteiger partial charge is 0.312 e. The Morgan fingerprint density at radius 2 is 2.25 bits per heavy atom. The molecule has 5 nitrogen and oxygen atoms in total. The van der Waals surface area contributed by atoms with Gasteiger partial charge in [0, 0.05) is 18.6 Å². The van der Waals surface area contributed by atoms with Gasteiger partial charge in [0.15, 0.2) is 0 Å². The monoisotopic (exact) mass is 236 g/mol. The maximum absolute atomic E-state index is 11.6. The lowest BCUT2D eigenvalue weighted by Gasteiger charge is -2.05. The molecule has 16 heavy (non-hydrogen) atoms. The zero-order valence-electron chi connectivity index (χ0n) is 8.30. The van der Waals surface area contributed by atoms with Crippen LogP contribution in [-0.4, -0.2) is 20.4 Å². The van der Waals surface area contributed by atoms with Crippen LogP contribution in [0.3, 0.4) is 0 Å². The van der Waals surface area contributed by atoms with Gasteiger partial charge in [0.25, 0.3) is 0 Å². The second-order valence-electron chi connectivity index (χ2n) is 3.09. The van der Waals surface area contributed by atoms with Crippen molar-refractivity contribution in [1.29, 1.82) is 0 Å². The Kier molecular flexibility index (Phi) is 3.16. The van der Waals surface area contributed by atoms with Crippen molar-refractivity contribution in [1.82, 2.24) is 14.5 Å². The van der Waals surface area contributed by atoms with Crippen molar-refractivity contribution in [2.24, 2.45) is 0 Å². The Morgan fingerprint density at radius 1 is 1.38 bits per heavy atom. The highest BCUT2D eigenvalue weighted by Crippen LogP contribution is 2.05. The summed E-state index contributed by atoms with van der Waals surface area (Å²) in [6.07, 6.45) is 4.79. The minimum Gasteiger partial charge on any atom is -0.312 e. The fourth-order valence-electron chi connectivity index (χ4n) is 1.20. The van der Waals surface area contributed by atoms with Gasteiger partial charge in [-0.1, -0.05) is 6.07 Å². The number of hydrogen-bond acceptors (Lipinski definition) is 3. The van der Waals surface area contributed by atoms with Gasteiger partial charge in [0.2, 0.25) is 11.2 Å². The second kappa shape index (κ2) is 4.76. The van der Waals surface area contributed by atoms with Crippen molar-refractivity contribution < 1.29 is 4.79 Å². The van der Waals surface area contributed by atoms with Gasteiger partial charge in [-0.05, 0) is 23.7 Å². The Bertz CT molecular complexity index is 483. The van der Waals surface area contributed by atoms with Gasteiger partial charge in [-0.2, -0.15) is 0 Å². The number of rotatable bonds is 3. The van der Waals surface area contributed by atoms with E-state index >= 15 is 0 Å². The van der Waals surface area contributed by atoms with Crippen LogP contribution in [0, 0.1) is 0 Å². The summed E-state index contributed by atoms with van der Waals surface area (Å²) < 4.78 is 1.54. The molecule has 82 valence electrons. The zero-order chi connectivity index (χ0) is 11.4. The molecule has 0 spiro atoms. The number of halogens is 1. The molecule has 0 bridgehead atoms. The molecule has 0 atom stereocenters. The molecular weight excluding hydrogens is 228 g/mol. The molecule has 0 aliphatic rings. The highest BCUT2D eigenvalue weighted by atomic mass is 35.5. The Balaban J connectivity index is 1.98. The summed E-state index contributed by atoms with van der Waals surface area (Å²) in [6.45, 7) is 0.120. The maximum Gasteiger partial charge on any atom is 0.245 e. The Morgan fingerprint density at radius 3 is 2.88 bits per heavy atom. The first-order valence-electron chi connectivity index (χ1n) is 4.63. The van der Waals surface area contributed by atoms with E-state index in [-0.39, 0.29) is 17.7 Å².